The van der Waals surface area contributed by atoms with E-state index in [1.54, 1.807) is 0 Å². The molecular formula is C11H12BrFO3S. The van der Waals surface area contributed by atoms with E-state index in [2.05, 4.69) is 15.9 Å². The second-order valence-corrected chi connectivity index (χ2v) is 8.39. The Morgan fingerprint density at radius 3 is 2.53 bits per heavy atom. The van der Waals surface area contributed by atoms with Crippen LogP contribution in [0.2, 0.25) is 0 Å². The smallest absolute Gasteiger partial charge is 0.194 e. The fourth-order valence-corrected chi connectivity index (χ4v) is 3.16. The summed E-state index contributed by atoms with van der Waals surface area (Å²) < 4.78 is 34.8. The van der Waals surface area contributed by atoms with Crippen molar-refractivity contribution in [1.29, 1.82) is 0 Å². The van der Waals surface area contributed by atoms with Crippen molar-refractivity contribution < 1.29 is 17.6 Å². The topological polar surface area (TPSA) is 51.2 Å². The zero-order valence-electron chi connectivity index (χ0n) is 9.41. The van der Waals surface area contributed by atoms with Gasteiger partial charge in [-0.25, -0.2) is 12.8 Å². The number of carbonyl (C=O) groups is 1. The van der Waals surface area contributed by atoms with Gasteiger partial charge in [0.1, 0.15) is 5.82 Å². The second kappa shape index (κ2) is 4.86. The van der Waals surface area contributed by atoms with Crippen LogP contribution in [0, 0.1) is 5.82 Å². The van der Waals surface area contributed by atoms with Crippen molar-refractivity contribution in [2.24, 2.45) is 0 Å². The fraction of sp³-hybridized carbons (Fsp3) is 0.364. The minimum absolute atomic E-state index is 0.0291. The molecule has 17 heavy (non-hydrogen) atoms. The van der Waals surface area contributed by atoms with E-state index < -0.39 is 25.1 Å². The lowest BCUT2D eigenvalue weighted by atomic mass is 10.1. The van der Waals surface area contributed by atoms with Gasteiger partial charge in [-0.1, -0.05) is 35.0 Å². The van der Waals surface area contributed by atoms with Gasteiger partial charge in [0.15, 0.2) is 19.3 Å². The van der Waals surface area contributed by atoms with Crippen molar-refractivity contribution in [3.63, 3.8) is 0 Å². The Balaban J connectivity index is 3.23. The van der Waals surface area contributed by atoms with Crippen LogP contribution in [0.3, 0.4) is 0 Å². The average molecular weight is 323 g/mol. The van der Waals surface area contributed by atoms with Gasteiger partial charge in [-0.05, 0) is 19.1 Å². The van der Waals surface area contributed by atoms with Gasteiger partial charge >= 0.3 is 0 Å². The zero-order chi connectivity index (χ0) is 13.3. The van der Waals surface area contributed by atoms with E-state index in [1.807, 2.05) is 0 Å². The molecule has 0 aliphatic heterocycles. The third-order valence-electron chi connectivity index (χ3n) is 2.46. The molecule has 3 nitrogen and oxygen atoms in total. The Morgan fingerprint density at radius 1 is 1.47 bits per heavy atom. The molecule has 1 aromatic carbocycles. The third kappa shape index (κ3) is 2.74. The molecule has 0 aliphatic rings. The van der Waals surface area contributed by atoms with Gasteiger partial charge in [0.25, 0.3) is 0 Å². The SMILES string of the molecule is CCS(=O)(=O)C(C)(Br)C(=O)c1cccc(F)c1. The highest BCUT2D eigenvalue weighted by Gasteiger charge is 2.42. The first-order valence-corrected chi connectivity index (χ1v) is 7.38. The van der Waals surface area contributed by atoms with E-state index in [-0.39, 0.29) is 11.3 Å². The van der Waals surface area contributed by atoms with Crippen LogP contribution in [-0.4, -0.2) is 23.6 Å². The molecule has 0 saturated heterocycles. The van der Waals surface area contributed by atoms with Crippen molar-refractivity contribution in [1.82, 2.24) is 0 Å². The number of hydrogen-bond acceptors (Lipinski definition) is 3. The molecule has 0 aliphatic carbocycles. The highest BCUT2D eigenvalue weighted by Crippen LogP contribution is 2.30. The molecular weight excluding hydrogens is 311 g/mol. The van der Waals surface area contributed by atoms with Gasteiger partial charge in [0.05, 0.1) is 0 Å². The molecule has 1 aromatic rings. The largest absolute Gasteiger partial charge is 0.291 e. The number of sulfone groups is 1. The molecule has 94 valence electrons. The minimum atomic E-state index is -3.61. The monoisotopic (exact) mass is 322 g/mol. The molecule has 1 atom stereocenters. The van der Waals surface area contributed by atoms with Gasteiger partial charge < -0.3 is 0 Å². The maximum atomic E-state index is 13.0. The van der Waals surface area contributed by atoms with Gasteiger partial charge in [-0.15, -0.1) is 0 Å². The molecule has 0 saturated carbocycles. The Kier molecular flexibility index (Phi) is 4.09. The van der Waals surface area contributed by atoms with Gasteiger partial charge in [-0.3, -0.25) is 4.79 Å². The Morgan fingerprint density at radius 2 is 2.06 bits per heavy atom. The Labute approximate surface area is 108 Å². The molecule has 0 N–H and O–H groups in total. The van der Waals surface area contributed by atoms with Crippen molar-refractivity contribution >= 4 is 31.6 Å². The number of rotatable bonds is 4. The van der Waals surface area contributed by atoms with Crippen LogP contribution < -0.4 is 0 Å². The van der Waals surface area contributed by atoms with Crippen LogP contribution in [0.4, 0.5) is 4.39 Å². The summed E-state index contributed by atoms with van der Waals surface area (Å²) in [6.45, 7) is 2.72. The molecule has 0 aromatic heterocycles. The quantitative estimate of drug-likeness (QED) is 0.632. The molecule has 6 heteroatoms. The summed E-state index contributed by atoms with van der Waals surface area (Å²) in [5.74, 6) is -1.41. The standard InChI is InChI=1S/C11H12BrFO3S/c1-3-17(15,16)11(2,12)10(14)8-5-4-6-9(13)7-8/h4-7H,3H2,1-2H3. The summed E-state index contributed by atoms with van der Waals surface area (Å²) in [4.78, 5) is 12.0. The molecule has 0 heterocycles. The maximum absolute atomic E-state index is 13.0. The van der Waals surface area contributed by atoms with Crippen LogP contribution in [0.15, 0.2) is 24.3 Å². The third-order valence-corrected chi connectivity index (χ3v) is 6.41. The molecule has 0 spiro atoms. The maximum Gasteiger partial charge on any atom is 0.194 e. The van der Waals surface area contributed by atoms with Gasteiger partial charge in [-0.2, -0.15) is 0 Å². The predicted molar refractivity (Wildman–Crippen MR) is 67.5 cm³/mol. The van der Waals surface area contributed by atoms with Crippen molar-refractivity contribution in [3.8, 4) is 0 Å². The first-order chi connectivity index (χ1) is 7.72. The molecule has 0 bridgehead atoms. The number of hydrogen-bond donors (Lipinski definition) is 0. The number of ketones is 1. The lowest BCUT2D eigenvalue weighted by Crippen LogP contribution is -2.38. The average Bonchev–Trinajstić information content (AvgIpc) is 2.27. The molecule has 0 amide bonds. The number of alkyl halides is 1. The van der Waals surface area contributed by atoms with E-state index in [9.17, 15) is 17.6 Å². The van der Waals surface area contributed by atoms with Crippen LogP contribution in [0.5, 0.6) is 0 Å². The highest BCUT2D eigenvalue weighted by molar-refractivity contribution is 9.12. The van der Waals surface area contributed by atoms with Crippen molar-refractivity contribution in [2.45, 2.75) is 17.5 Å². The number of carbonyl (C=O) groups excluding carboxylic acids is 1. The van der Waals surface area contributed by atoms with E-state index in [1.165, 1.54) is 32.0 Å². The first kappa shape index (κ1) is 14.3. The Bertz CT molecular complexity index is 537. The number of halogens is 2. The van der Waals surface area contributed by atoms with E-state index in [0.29, 0.717) is 0 Å². The molecule has 1 unspecified atom stereocenters. The predicted octanol–water partition coefficient (Wildman–Crippen LogP) is 2.55. The van der Waals surface area contributed by atoms with Crippen LogP contribution in [0.1, 0.15) is 24.2 Å². The lowest BCUT2D eigenvalue weighted by molar-refractivity contribution is 0.0982. The van der Waals surface area contributed by atoms with E-state index in [0.717, 1.165) is 6.07 Å². The van der Waals surface area contributed by atoms with E-state index >= 15 is 0 Å². The van der Waals surface area contributed by atoms with Gasteiger partial charge in [0.2, 0.25) is 0 Å². The number of benzene rings is 1. The summed E-state index contributed by atoms with van der Waals surface area (Å²) in [6.07, 6.45) is 0. The number of Topliss-reactive ketones (excluding diaryl/α,β-unsaturated/α-hetero) is 1. The second-order valence-electron chi connectivity index (χ2n) is 3.66. The summed E-state index contributed by atoms with van der Waals surface area (Å²) in [6, 6.07) is 4.96. The van der Waals surface area contributed by atoms with E-state index in [4.69, 9.17) is 0 Å². The van der Waals surface area contributed by atoms with Crippen molar-refractivity contribution in [3.05, 3.63) is 35.6 Å². The van der Waals surface area contributed by atoms with Crippen LogP contribution in [-0.2, 0) is 9.84 Å². The van der Waals surface area contributed by atoms with Gasteiger partial charge in [0, 0.05) is 11.3 Å². The molecule has 0 radical (unpaired) electrons. The van der Waals surface area contributed by atoms with Crippen LogP contribution in [0.25, 0.3) is 0 Å². The van der Waals surface area contributed by atoms with Crippen molar-refractivity contribution in [2.75, 3.05) is 5.75 Å². The summed E-state index contributed by atoms with van der Waals surface area (Å²) in [5, 5.41) is 0. The van der Waals surface area contributed by atoms with Crippen LogP contribution >= 0.6 is 15.9 Å². The molecule has 0 fully saturated rings. The fourth-order valence-electron chi connectivity index (χ4n) is 1.30. The summed E-state index contributed by atoms with van der Waals surface area (Å²) in [5.41, 5.74) is 0.0291. The highest BCUT2D eigenvalue weighted by atomic mass is 79.9. The summed E-state index contributed by atoms with van der Waals surface area (Å²) in [7, 11) is -3.61. The molecule has 1 rings (SSSR count). The first-order valence-electron chi connectivity index (χ1n) is 4.94. The summed E-state index contributed by atoms with van der Waals surface area (Å²) >= 11 is 2.93. The zero-order valence-corrected chi connectivity index (χ0v) is 11.8. The minimum Gasteiger partial charge on any atom is -0.291 e. The Hall–Kier alpha value is -0.750. The normalized spacial score (nSPS) is 15.3. The lowest BCUT2D eigenvalue weighted by Gasteiger charge is -2.20.